The number of likely N-dealkylation sites (N-methyl/N-ethyl adjacent to an activating group) is 1. The molecule has 3 aromatic rings. The summed E-state index contributed by atoms with van der Waals surface area (Å²) in [4.78, 5) is 23.3. The van der Waals surface area contributed by atoms with E-state index in [2.05, 4.69) is 20.2 Å². The number of hydrogen-bond donors (Lipinski definition) is 1. The van der Waals surface area contributed by atoms with Gasteiger partial charge in [0.25, 0.3) is 5.91 Å². The molecule has 1 aliphatic rings. The van der Waals surface area contributed by atoms with Crippen LogP contribution in [0.25, 0.3) is 11.1 Å². The van der Waals surface area contributed by atoms with Crippen molar-refractivity contribution in [3.8, 4) is 11.1 Å². The zero-order valence-corrected chi connectivity index (χ0v) is 19.3. The molecular weight excluding hydrogens is 465 g/mol. The van der Waals surface area contributed by atoms with Gasteiger partial charge in [0.05, 0.1) is 16.6 Å². The first-order chi connectivity index (χ1) is 16.3. The number of rotatable bonds is 5. The van der Waals surface area contributed by atoms with Crippen LogP contribution in [0.1, 0.15) is 46.9 Å². The predicted molar refractivity (Wildman–Crippen MR) is 124 cm³/mol. The Morgan fingerprint density at radius 3 is 2.53 bits per heavy atom. The van der Waals surface area contributed by atoms with E-state index in [0.29, 0.717) is 0 Å². The first kappa shape index (κ1) is 24.2. The number of carbonyl (C=O) groups excluding carboxylic acids is 1. The molecule has 1 N–H and O–H groups in total. The van der Waals surface area contributed by atoms with Gasteiger partial charge < -0.3 is 10.2 Å². The highest BCUT2D eigenvalue weighted by atomic mass is 35.5. The van der Waals surface area contributed by atoms with Gasteiger partial charge in [-0.15, -0.1) is 0 Å². The molecule has 1 amide bonds. The third kappa shape index (κ3) is 5.23. The van der Waals surface area contributed by atoms with Gasteiger partial charge in [-0.3, -0.25) is 9.78 Å². The minimum absolute atomic E-state index is 0.0217. The number of aromatic nitrogens is 2. The fraction of sp³-hybridized carbons (Fsp3) is 0.320. The van der Waals surface area contributed by atoms with Crippen LogP contribution in [0.15, 0.2) is 61.1 Å². The maximum Gasteiger partial charge on any atom is 0.417 e. The second-order valence-electron chi connectivity index (χ2n) is 8.38. The van der Waals surface area contributed by atoms with Gasteiger partial charge >= 0.3 is 6.18 Å². The van der Waals surface area contributed by atoms with Crippen LogP contribution in [0.3, 0.4) is 0 Å². The van der Waals surface area contributed by atoms with Crippen LogP contribution >= 0.6 is 11.6 Å². The number of halogens is 4. The fourth-order valence-electron chi connectivity index (χ4n) is 4.37. The van der Waals surface area contributed by atoms with E-state index in [9.17, 15) is 18.0 Å². The lowest BCUT2D eigenvalue weighted by atomic mass is 9.90. The van der Waals surface area contributed by atoms with Crippen LogP contribution in [-0.2, 0) is 6.18 Å². The van der Waals surface area contributed by atoms with Crippen LogP contribution in [0.5, 0.6) is 0 Å². The largest absolute Gasteiger partial charge is 0.417 e. The monoisotopic (exact) mass is 488 g/mol. The number of pyridine rings is 2. The van der Waals surface area contributed by atoms with E-state index in [1.54, 1.807) is 12.4 Å². The van der Waals surface area contributed by atoms with Crippen molar-refractivity contribution in [2.45, 2.75) is 37.5 Å². The Balaban J connectivity index is 1.66. The first-order valence-electron chi connectivity index (χ1n) is 11.0. The molecule has 2 atom stereocenters. The molecule has 0 unspecified atom stereocenters. The summed E-state index contributed by atoms with van der Waals surface area (Å²) >= 11 is 5.96. The van der Waals surface area contributed by atoms with E-state index in [4.69, 9.17) is 11.6 Å². The molecule has 1 aliphatic heterocycles. The lowest BCUT2D eigenvalue weighted by Crippen LogP contribution is -2.47. The lowest BCUT2D eigenvalue weighted by Gasteiger charge is -2.38. The molecule has 3 heterocycles. The molecule has 9 heteroatoms. The Bertz CT molecular complexity index is 1140. The standard InChI is InChI=1S/C25H24ClF3N4O/c1-33-14-3-2-6-20(33)22(17-9-7-16(8-10-17)18-5-4-12-30-15-18)32-24(34)23-21(26)19(11-13-31-23)25(27,28)29/h4-5,7-13,15,20,22H,2-3,6,14H2,1H3,(H,32,34)/t20-,22-/m0/s1. The van der Waals surface area contributed by atoms with Gasteiger partial charge in [0.15, 0.2) is 0 Å². The van der Waals surface area contributed by atoms with Crippen LogP contribution in [0, 0.1) is 0 Å². The second kappa shape index (κ2) is 10.1. The molecule has 0 spiro atoms. The number of benzene rings is 1. The highest BCUT2D eigenvalue weighted by Crippen LogP contribution is 2.36. The number of carbonyl (C=O) groups is 1. The van der Waals surface area contributed by atoms with Crippen LogP contribution < -0.4 is 5.32 Å². The maximum absolute atomic E-state index is 13.3. The molecule has 5 nitrogen and oxygen atoms in total. The van der Waals surface area contributed by atoms with E-state index < -0.39 is 34.4 Å². The molecule has 2 aromatic heterocycles. The topological polar surface area (TPSA) is 58.1 Å². The van der Waals surface area contributed by atoms with Crippen molar-refractivity contribution >= 4 is 17.5 Å². The number of piperidine rings is 1. The van der Waals surface area contributed by atoms with E-state index in [1.165, 1.54) is 0 Å². The highest BCUT2D eigenvalue weighted by molar-refractivity contribution is 6.34. The molecule has 0 saturated carbocycles. The van der Waals surface area contributed by atoms with Crippen molar-refractivity contribution in [2.24, 2.45) is 0 Å². The fourth-order valence-corrected chi connectivity index (χ4v) is 4.68. The molecule has 4 rings (SSSR count). The number of hydrogen-bond acceptors (Lipinski definition) is 4. The number of alkyl halides is 3. The van der Waals surface area contributed by atoms with E-state index in [-0.39, 0.29) is 6.04 Å². The summed E-state index contributed by atoms with van der Waals surface area (Å²) < 4.78 is 39.9. The molecule has 178 valence electrons. The Hall–Kier alpha value is -2.97. The van der Waals surface area contributed by atoms with Crippen molar-refractivity contribution in [1.29, 1.82) is 0 Å². The van der Waals surface area contributed by atoms with Crippen LogP contribution in [0.4, 0.5) is 13.2 Å². The SMILES string of the molecule is CN1CCCC[C@H]1[C@@H](NC(=O)c1nccc(C(F)(F)F)c1Cl)c1ccc(-c2cccnc2)cc1. The molecule has 0 aliphatic carbocycles. The summed E-state index contributed by atoms with van der Waals surface area (Å²) in [6, 6.07) is 11.9. The van der Waals surface area contributed by atoms with Gasteiger partial charge in [-0.25, -0.2) is 4.98 Å². The molecule has 1 aromatic carbocycles. The van der Waals surface area contributed by atoms with Crippen LogP contribution in [0.2, 0.25) is 5.02 Å². The summed E-state index contributed by atoms with van der Waals surface area (Å²) in [5, 5.41) is 2.22. The van der Waals surface area contributed by atoms with Gasteiger partial charge in [-0.05, 0) is 55.3 Å². The highest BCUT2D eigenvalue weighted by Gasteiger charge is 2.36. The Morgan fingerprint density at radius 1 is 1.12 bits per heavy atom. The summed E-state index contributed by atoms with van der Waals surface area (Å²) in [6.45, 7) is 0.868. The average Bonchev–Trinajstić information content (AvgIpc) is 2.83. The van der Waals surface area contributed by atoms with E-state index >= 15 is 0 Å². The minimum atomic E-state index is -4.68. The smallest absolute Gasteiger partial charge is 0.342 e. The Morgan fingerprint density at radius 2 is 1.88 bits per heavy atom. The Kier molecular flexibility index (Phi) is 7.19. The normalized spacial score (nSPS) is 17.9. The predicted octanol–water partition coefficient (Wildman–Crippen LogP) is 5.77. The second-order valence-corrected chi connectivity index (χ2v) is 8.76. The Labute approximate surface area is 201 Å². The summed E-state index contributed by atoms with van der Waals surface area (Å²) in [7, 11) is 1.99. The number of nitrogens with zero attached hydrogens (tertiary/aromatic N) is 3. The first-order valence-corrected chi connectivity index (χ1v) is 11.4. The van der Waals surface area contributed by atoms with Gasteiger partial charge in [0.1, 0.15) is 5.69 Å². The maximum atomic E-state index is 13.3. The molecule has 1 fully saturated rings. The zero-order chi connectivity index (χ0) is 24.3. The molecule has 0 bridgehead atoms. The zero-order valence-electron chi connectivity index (χ0n) is 18.5. The summed E-state index contributed by atoms with van der Waals surface area (Å²) in [5.41, 5.74) is 1.27. The van der Waals surface area contributed by atoms with Crippen LogP contribution in [-0.4, -0.2) is 40.4 Å². The van der Waals surface area contributed by atoms with Gasteiger partial charge in [-0.2, -0.15) is 13.2 Å². The molecule has 1 saturated heterocycles. The van der Waals surface area contributed by atoms with E-state index in [0.717, 1.165) is 54.8 Å². The van der Waals surface area contributed by atoms with Crippen molar-refractivity contribution in [2.75, 3.05) is 13.6 Å². The number of likely N-dealkylation sites (tertiary alicyclic amines) is 1. The third-order valence-electron chi connectivity index (χ3n) is 6.17. The quantitative estimate of drug-likeness (QED) is 0.495. The van der Waals surface area contributed by atoms with Gasteiger partial charge in [0, 0.05) is 24.6 Å². The molecule has 0 radical (unpaired) electrons. The van der Waals surface area contributed by atoms with Crippen molar-refractivity contribution in [3.63, 3.8) is 0 Å². The van der Waals surface area contributed by atoms with Gasteiger partial charge in [-0.1, -0.05) is 48.4 Å². The lowest BCUT2D eigenvalue weighted by molar-refractivity contribution is -0.137. The van der Waals surface area contributed by atoms with Gasteiger partial charge in [0.2, 0.25) is 0 Å². The van der Waals surface area contributed by atoms with Crippen molar-refractivity contribution in [3.05, 3.63) is 82.9 Å². The molecular formula is C25H24ClF3N4O. The van der Waals surface area contributed by atoms with Crippen molar-refractivity contribution in [1.82, 2.24) is 20.2 Å². The summed E-state index contributed by atoms with van der Waals surface area (Å²) in [5.74, 6) is -0.739. The number of amides is 1. The average molecular weight is 489 g/mol. The summed E-state index contributed by atoms with van der Waals surface area (Å²) in [6.07, 6.45) is 2.63. The van der Waals surface area contributed by atoms with Crippen molar-refractivity contribution < 1.29 is 18.0 Å². The van der Waals surface area contributed by atoms with E-state index in [1.807, 2.05) is 43.4 Å². The minimum Gasteiger partial charge on any atom is -0.342 e. The number of nitrogens with one attached hydrogen (secondary N) is 1. The third-order valence-corrected chi connectivity index (χ3v) is 6.56. The molecule has 34 heavy (non-hydrogen) atoms.